The first-order chi connectivity index (χ1) is 16.8. The van der Waals surface area contributed by atoms with Crippen LogP contribution in [-0.4, -0.2) is 58.6 Å². The molecule has 5 nitrogen and oxygen atoms in total. The maximum Gasteiger partial charge on any atom is 0.165 e. The molecule has 1 unspecified atom stereocenters. The van der Waals surface area contributed by atoms with Gasteiger partial charge in [-0.05, 0) is 81.4 Å². The topological polar surface area (TPSA) is 62.2 Å². The molecular formula is C29H41NO4. The molecule has 4 saturated carbocycles. The van der Waals surface area contributed by atoms with E-state index in [4.69, 9.17) is 9.47 Å². The third-order valence-corrected chi connectivity index (χ3v) is 11.5. The molecule has 1 aromatic carbocycles. The zero-order chi connectivity index (χ0) is 25.7. The molecule has 0 radical (unpaired) electrons. The molecule has 2 heterocycles. The number of nitrogens with zero attached hydrogens (tertiary/aromatic N) is 1. The molecule has 5 fully saturated rings. The molecule has 186 valence electrons. The summed E-state index contributed by atoms with van der Waals surface area (Å²) in [6.45, 7) is 7.61. The molecule has 0 amide bonds. The summed E-state index contributed by atoms with van der Waals surface area (Å²) in [4.78, 5) is 2.22. The number of hydrogen-bond donors (Lipinski definition) is 2. The fourth-order valence-corrected chi connectivity index (χ4v) is 9.24. The van der Waals surface area contributed by atoms with Crippen molar-refractivity contribution >= 4 is 0 Å². The van der Waals surface area contributed by atoms with Crippen LogP contribution < -0.4 is 4.74 Å². The summed E-state index contributed by atoms with van der Waals surface area (Å²) < 4.78 is 31.8. The molecule has 1 aromatic rings. The van der Waals surface area contributed by atoms with Crippen molar-refractivity contribution in [1.29, 1.82) is 0 Å². The number of hydrogen-bond acceptors (Lipinski definition) is 5. The summed E-state index contributed by atoms with van der Waals surface area (Å²) in [6.07, 6.45) is 5.64. The third kappa shape index (κ3) is 2.25. The Morgan fingerprint density at radius 1 is 1.21 bits per heavy atom. The van der Waals surface area contributed by atoms with Crippen LogP contribution in [0.5, 0.6) is 11.5 Å². The number of aliphatic hydroxyl groups is 1. The Balaban J connectivity index is 1.49. The van der Waals surface area contributed by atoms with Crippen molar-refractivity contribution < 1.29 is 22.4 Å². The fraction of sp³-hybridized carbons (Fsp3) is 0.793. The first kappa shape index (κ1) is 19.8. The summed E-state index contributed by atoms with van der Waals surface area (Å²) in [5.74, 6) is 0.730. The molecule has 0 aromatic heterocycles. The first-order valence-electron chi connectivity index (χ1n) is 14.3. The lowest BCUT2D eigenvalue weighted by molar-refractivity contribution is -0.312. The molecule has 1 saturated heterocycles. The van der Waals surface area contributed by atoms with E-state index in [1.807, 2.05) is 13.0 Å². The number of benzene rings is 1. The van der Waals surface area contributed by atoms with Gasteiger partial charge in [-0.2, -0.15) is 0 Å². The Hall–Kier alpha value is -1.30. The van der Waals surface area contributed by atoms with Gasteiger partial charge in [0.2, 0.25) is 0 Å². The minimum Gasteiger partial charge on any atom is -0.504 e. The van der Waals surface area contributed by atoms with Gasteiger partial charge in [-0.15, -0.1) is 0 Å². The lowest BCUT2D eigenvalue weighted by Crippen LogP contribution is -2.83. The molecule has 2 N–H and O–H groups in total. The Kier molecular flexibility index (Phi) is 3.69. The zero-order valence-electron chi connectivity index (χ0n) is 23.3. The summed E-state index contributed by atoms with van der Waals surface area (Å²) >= 11 is 0. The quantitative estimate of drug-likeness (QED) is 0.684. The van der Waals surface area contributed by atoms with Crippen LogP contribution in [0.4, 0.5) is 0 Å². The molecular weight excluding hydrogens is 426 g/mol. The Morgan fingerprint density at radius 2 is 1.97 bits per heavy atom. The van der Waals surface area contributed by atoms with Crippen LogP contribution in [0.15, 0.2) is 12.1 Å². The molecule has 7 aliphatic rings. The second-order valence-electron chi connectivity index (χ2n) is 13.5. The van der Waals surface area contributed by atoms with E-state index in [9.17, 15) is 13.0 Å². The van der Waals surface area contributed by atoms with Crippen LogP contribution in [0.1, 0.15) is 80.1 Å². The first-order valence-corrected chi connectivity index (χ1v) is 13.3. The van der Waals surface area contributed by atoms with Crippen LogP contribution in [-0.2, 0) is 16.6 Å². The van der Waals surface area contributed by atoms with E-state index < -0.39 is 17.7 Å². The van der Waals surface area contributed by atoms with E-state index in [1.165, 1.54) is 5.56 Å². The average molecular weight is 470 g/mol. The third-order valence-electron chi connectivity index (χ3n) is 11.5. The Morgan fingerprint density at radius 3 is 2.65 bits per heavy atom. The molecule has 4 bridgehead atoms. The second kappa shape index (κ2) is 6.33. The molecule has 2 spiro atoms. The fourth-order valence-electron chi connectivity index (χ4n) is 9.24. The van der Waals surface area contributed by atoms with Crippen LogP contribution in [0.2, 0.25) is 0 Å². The van der Waals surface area contributed by atoms with E-state index in [0.717, 1.165) is 50.5 Å². The van der Waals surface area contributed by atoms with Crippen LogP contribution >= 0.6 is 0 Å². The number of aromatic hydroxyl groups is 1. The zero-order valence-corrected chi connectivity index (χ0v) is 21.3. The van der Waals surface area contributed by atoms with Crippen molar-refractivity contribution in [3.63, 3.8) is 0 Å². The lowest BCUT2D eigenvalue weighted by Gasteiger charge is -2.75. The van der Waals surface area contributed by atoms with Gasteiger partial charge in [-0.1, -0.05) is 26.8 Å². The highest BCUT2D eigenvalue weighted by Gasteiger charge is 2.82. The SMILES string of the molecule is [2H]C([2H])(C1CC1)N1CC[C@]23c4c5ccc(O)c4OC2[C@@]2(OC)CC[C@@]3(C[C@@H]2[C@](C)(O)C(C)(C)C)[C@H]1C5. The van der Waals surface area contributed by atoms with Gasteiger partial charge in [-0.3, -0.25) is 4.90 Å². The minimum atomic E-state index is -1.33. The van der Waals surface area contributed by atoms with Crippen molar-refractivity contribution in [2.45, 2.75) is 101 Å². The Bertz CT molecular complexity index is 1140. The van der Waals surface area contributed by atoms with Crippen LogP contribution in [0, 0.1) is 22.7 Å². The number of ether oxygens (including phenoxy) is 2. The molecule has 8 rings (SSSR count). The normalized spacial score (nSPS) is 45.2. The van der Waals surface area contributed by atoms with E-state index in [-0.39, 0.29) is 46.0 Å². The highest BCUT2D eigenvalue weighted by molar-refractivity contribution is 5.63. The maximum absolute atomic E-state index is 12.2. The van der Waals surface area contributed by atoms with E-state index >= 15 is 0 Å². The van der Waals surface area contributed by atoms with E-state index in [0.29, 0.717) is 12.3 Å². The molecule has 7 atom stereocenters. The van der Waals surface area contributed by atoms with Gasteiger partial charge in [0.1, 0.15) is 11.7 Å². The predicted molar refractivity (Wildman–Crippen MR) is 130 cm³/mol. The van der Waals surface area contributed by atoms with Crippen molar-refractivity contribution in [1.82, 2.24) is 4.90 Å². The van der Waals surface area contributed by atoms with Crippen LogP contribution in [0.3, 0.4) is 0 Å². The van der Waals surface area contributed by atoms with Gasteiger partial charge in [0, 0.05) is 44.7 Å². The smallest absolute Gasteiger partial charge is 0.165 e. The van der Waals surface area contributed by atoms with Gasteiger partial charge in [0.15, 0.2) is 11.5 Å². The molecule has 5 aliphatic carbocycles. The summed E-state index contributed by atoms with van der Waals surface area (Å²) in [5, 5.41) is 23.2. The standard InChI is InChI=1S/C29H41NO4/c1-25(2,3)26(4,32)20-15-27-10-11-29(20,33-5)24-28(27)12-13-30(16-17-6-7-17)21(27)14-18-8-9-19(31)23(34-24)22(18)28/h8-9,17,20-21,24,31-32H,6-7,10-16H2,1-5H3/t20-,21-,24?,26+,27-,28+,29-/m1/s1/i16D2. The minimum absolute atomic E-state index is 0.0318. The number of piperidine rings is 1. The molecule has 5 heteroatoms. The average Bonchev–Trinajstić information content (AvgIpc) is 3.60. The number of phenolic OH excluding ortho intramolecular Hbond substituents is 1. The lowest BCUT2D eigenvalue weighted by atomic mass is 9.33. The van der Waals surface area contributed by atoms with Gasteiger partial charge < -0.3 is 19.7 Å². The number of phenols is 1. The van der Waals surface area contributed by atoms with E-state index in [2.05, 4.69) is 25.7 Å². The second-order valence-corrected chi connectivity index (χ2v) is 13.5. The van der Waals surface area contributed by atoms with Gasteiger partial charge in [-0.25, -0.2) is 0 Å². The highest BCUT2D eigenvalue weighted by atomic mass is 16.6. The van der Waals surface area contributed by atoms with Gasteiger partial charge in [0.05, 0.1) is 5.60 Å². The van der Waals surface area contributed by atoms with Crippen LogP contribution in [0.25, 0.3) is 0 Å². The predicted octanol–water partition coefficient (Wildman–Crippen LogP) is 4.41. The Labute approximate surface area is 206 Å². The van der Waals surface area contributed by atoms with E-state index in [1.54, 1.807) is 13.2 Å². The number of likely N-dealkylation sites (tertiary alicyclic amines) is 1. The summed E-state index contributed by atoms with van der Waals surface area (Å²) in [7, 11) is 1.77. The summed E-state index contributed by atoms with van der Waals surface area (Å²) in [6, 6.07) is 3.83. The van der Waals surface area contributed by atoms with Crippen molar-refractivity contribution in [2.75, 3.05) is 20.2 Å². The number of rotatable bonds is 4. The monoisotopic (exact) mass is 469 g/mol. The van der Waals surface area contributed by atoms with Crippen molar-refractivity contribution in [3.8, 4) is 11.5 Å². The van der Waals surface area contributed by atoms with Gasteiger partial charge >= 0.3 is 0 Å². The largest absolute Gasteiger partial charge is 0.504 e. The molecule has 2 aliphatic heterocycles. The number of methoxy groups -OCH3 is 1. The van der Waals surface area contributed by atoms with Crippen molar-refractivity contribution in [2.24, 2.45) is 22.7 Å². The summed E-state index contributed by atoms with van der Waals surface area (Å²) in [5.41, 5.74) is -0.317. The van der Waals surface area contributed by atoms with Crippen molar-refractivity contribution in [3.05, 3.63) is 23.3 Å². The number of fused-ring (bicyclic) bond motifs is 2. The highest BCUT2D eigenvalue weighted by Crippen LogP contribution is 2.78. The van der Waals surface area contributed by atoms with Gasteiger partial charge in [0.25, 0.3) is 0 Å². The molecule has 34 heavy (non-hydrogen) atoms. The maximum atomic E-state index is 12.2.